The Morgan fingerprint density at radius 1 is 0.889 bits per heavy atom. The van der Waals surface area contributed by atoms with Crippen molar-refractivity contribution in [1.82, 2.24) is 0 Å². The highest BCUT2D eigenvalue weighted by Gasteiger charge is 2.47. The van der Waals surface area contributed by atoms with E-state index in [4.69, 9.17) is 9.47 Å². The van der Waals surface area contributed by atoms with Crippen molar-refractivity contribution in [2.24, 2.45) is 0 Å². The van der Waals surface area contributed by atoms with E-state index in [0.29, 0.717) is 17.0 Å². The van der Waals surface area contributed by atoms with Gasteiger partial charge < -0.3 is 19.7 Å². The second-order valence-electron chi connectivity index (χ2n) is 8.50. The van der Waals surface area contributed by atoms with Gasteiger partial charge in [-0.2, -0.15) is 0 Å². The lowest BCUT2D eigenvalue weighted by atomic mass is 9.96. The molecule has 4 aromatic rings. The number of phenols is 1. The number of halogens is 1. The fourth-order valence-corrected chi connectivity index (χ4v) is 4.34. The van der Waals surface area contributed by atoms with Crippen molar-refractivity contribution in [3.63, 3.8) is 0 Å². The smallest absolute Gasteiger partial charge is 0.415 e. The lowest BCUT2D eigenvalue weighted by molar-refractivity contribution is -0.00645. The molecule has 1 fully saturated rings. The molecule has 1 aliphatic heterocycles. The third kappa shape index (κ3) is 4.87. The van der Waals surface area contributed by atoms with Crippen LogP contribution >= 0.6 is 0 Å². The van der Waals surface area contributed by atoms with Crippen LogP contribution in [-0.4, -0.2) is 35.1 Å². The molecule has 0 spiro atoms. The Balaban J connectivity index is 1.38. The Morgan fingerprint density at radius 2 is 1.58 bits per heavy atom. The minimum atomic E-state index is -1.17. The first kappa shape index (κ1) is 23.4. The zero-order chi connectivity index (χ0) is 25.1. The molecule has 2 N–H and O–H groups in total. The first-order valence-electron chi connectivity index (χ1n) is 11.5. The van der Waals surface area contributed by atoms with E-state index in [1.54, 1.807) is 18.2 Å². The maximum atomic E-state index is 13.5. The van der Waals surface area contributed by atoms with Crippen molar-refractivity contribution in [2.45, 2.75) is 18.2 Å². The summed E-state index contributed by atoms with van der Waals surface area (Å²) in [5.74, 6) is 0.197. The summed E-state index contributed by atoms with van der Waals surface area (Å²) in [5.41, 5.74) is 3.07. The summed E-state index contributed by atoms with van der Waals surface area (Å²) in [5, 5.41) is 20.8. The standard InChI is InChI=1S/C29H24FNO5/c30-22-11-13-23(14-12-22)31-27(20-9-15-24(32)16-10-20)28(36-29(31)34)26(33)18-35-25-8-4-7-21(17-25)19-5-2-1-3-6-19/h1-17,26-28,32-33H,18H2. The molecule has 1 amide bonds. The lowest BCUT2D eigenvalue weighted by Gasteiger charge is -2.27. The number of aliphatic hydroxyl groups excluding tert-OH is 1. The van der Waals surface area contributed by atoms with E-state index in [0.717, 1.165) is 11.1 Å². The van der Waals surface area contributed by atoms with E-state index in [1.165, 1.54) is 41.3 Å². The highest BCUT2D eigenvalue weighted by molar-refractivity contribution is 5.91. The number of aromatic hydroxyl groups is 1. The Hall–Kier alpha value is -4.36. The molecular weight excluding hydrogens is 461 g/mol. The van der Waals surface area contributed by atoms with Crippen LogP contribution in [0.5, 0.6) is 11.5 Å². The molecule has 1 aliphatic rings. The Labute approximate surface area is 207 Å². The van der Waals surface area contributed by atoms with Crippen molar-refractivity contribution in [3.05, 3.63) is 115 Å². The van der Waals surface area contributed by atoms with E-state index in [2.05, 4.69) is 0 Å². The summed E-state index contributed by atoms with van der Waals surface area (Å²) in [6.45, 7) is -0.123. The molecule has 5 rings (SSSR count). The number of nitrogens with zero attached hydrogens (tertiary/aromatic N) is 1. The number of amides is 1. The summed E-state index contributed by atoms with van der Waals surface area (Å²) in [6, 6.07) is 28.4. The van der Waals surface area contributed by atoms with Gasteiger partial charge in [0.05, 0.1) is 0 Å². The third-order valence-corrected chi connectivity index (χ3v) is 6.10. The fraction of sp³-hybridized carbons (Fsp3) is 0.138. The first-order chi connectivity index (χ1) is 17.5. The molecule has 36 heavy (non-hydrogen) atoms. The summed E-state index contributed by atoms with van der Waals surface area (Å²) < 4.78 is 25.0. The van der Waals surface area contributed by atoms with Crippen LogP contribution in [0.3, 0.4) is 0 Å². The average Bonchev–Trinajstić information content (AvgIpc) is 3.26. The number of rotatable bonds is 7. The normalized spacial score (nSPS) is 18.1. The highest BCUT2D eigenvalue weighted by Crippen LogP contribution is 2.39. The second kappa shape index (κ2) is 10.1. The van der Waals surface area contributed by atoms with Crippen LogP contribution in [0.25, 0.3) is 11.1 Å². The topological polar surface area (TPSA) is 79.2 Å². The summed E-state index contributed by atoms with van der Waals surface area (Å²) >= 11 is 0. The summed E-state index contributed by atoms with van der Waals surface area (Å²) in [6.07, 6.45) is -2.81. The van der Waals surface area contributed by atoms with Gasteiger partial charge in [-0.05, 0) is 65.2 Å². The van der Waals surface area contributed by atoms with Crippen LogP contribution in [0.2, 0.25) is 0 Å². The number of hydrogen-bond acceptors (Lipinski definition) is 5. The lowest BCUT2D eigenvalue weighted by Crippen LogP contribution is -2.38. The average molecular weight is 486 g/mol. The SMILES string of the molecule is O=C1OC(C(O)COc2cccc(-c3ccccc3)c2)C(c2ccc(O)cc2)N1c1ccc(F)cc1. The molecule has 6 nitrogen and oxygen atoms in total. The third-order valence-electron chi connectivity index (χ3n) is 6.10. The molecule has 0 aromatic heterocycles. The number of ether oxygens (including phenoxy) is 2. The van der Waals surface area contributed by atoms with Crippen molar-refractivity contribution < 1.29 is 28.9 Å². The second-order valence-corrected chi connectivity index (χ2v) is 8.50. The van der Waals surface area contributed by atoms with Gasteiger partial charge in [-0.15, -0.1) is 0 Å². The van der Waals surface area contributed by atoms with Crippen molar-refractivity contribution in [3.8, 4) is 22.6 Å². The minimum absolute atomic E-state index is 0.0658. The summed E-state index contributed by atoms with van der Waals surface area (Å²) in [7, 11) is 0. The van der Waals surface area contributed by atoms with Gasteiger partial charge in [-0.25, -0.2) is 9.18 Å². The predicted molar refractivity (Wildman–Crippen MR) is 133 cm³/mol. The van der Waals surface area contributed by atoms with Gasteiger partial charge in [-0.3, -0.25) is 4.90 Å². The number of carbonyl (C=O) groups is 1. The molecule has 3 atom stereocenters. The zero-order valence-electron chi connectivity index (χ0n) is 19.2. The summed E-state index contributed by atoms with van der Waals surface area (Å²) in [4.78, 5) is 14.3. The van der Waals surface area contributed by atoms with Gasteiger partial charge in [-0.1, -0.05) is 54.6 Å². The molecule has 1 heterocycles. The van der Waals surface area contributed by atoms with E-state index in [1.807, 2.05) is 48.5 Å². The molecule has 0 bridgehead atoms. The zero-order valence-corrected chi connectivity index (χ0v) is 19.2. The first-order valence-corrected chi connectivity index (χ1v) is 11.5. The van der Waals surface area contributed by atoms with Crippen molar-refractivity contribution >= 4 is 11.8 Å². The predicted octanol–water partition coefficient (Wildman–Crippen LogP) is 5.70. The number of carbonyl (C=O) groups excluding carboxylic acids is 1. The van der Waals surface area contributed by atoms with Gasteiger partial charge in [0.15, 0.2) is 6.10 Å². The molecule has 0 aliphatic carbocycles. The molecule has 0 saturated carbocycles. The van der Waals surface area contributed by atoms with Gasteiger partial charge in [0, 0.05) is 5.69 Å². The van der Waals surface area contributed by atoms with Crippen LogP contribution in [0.15, 0.2) is 103 Å². The van der Waals surface area contributed by atoms with Crippen LogP contribution in [0, 0.1) is 5.82 Å². The number of phenolic OH excluding ortho intramolecular Hbond substituents is 1. The fourth-order valence-electron chi connectivity index (χ4n) is 4.34. The monoisotopic (exact) mass is 485 g/mol. The number of anilines is 1. The Morgan fingerprint density at radius 3 is 2.31 bits per heavy atom. The van der Waals surface area contributed by atoms with Gasteiger partial charge in [0.2, 0.25) is 0 Å². The Kier molecular flexibility index (Phi) is 6.56. The Bertz CT molecular complexity index is 1330. The van der Waals surface area contributed by atoms with Crippen molar-refractivity contribution in [1.29, 1.82) is 0 Å². The van der Waals surface area contributed by atoms with E-state index in [9.17, 15) is 19.4 Å². The maximum absolute atomic E-state index is 13.5. The molecule has 1 saturated heterocycles. The molecule has 7 heteroatoms. The van der Waals surface area contributed by atoms with Crippen LogP contribution < -0.4 is 9.64 Å². The molecular formula is C29H24FNO5. The largest absolute Gasteiger partial charge is 0.508 e. The molecule has 182 valence electrons. The number of cyclic esters (lactones) is 1. The van der Waals surface area contributed by atoms with Crippen molar-refractivity contribution in [2.75, 3.05) is 11.5 Å². The molecule has 3 unspecified atom stereocenters. The van der Waals surface area contributed by atoms with Gasteiger partial charge >= 0.3 is 6.09 Å². The number of benzene rings is 4. The van der Waals surface area contributed by atoms with E-state index < -0.39 is 30.2 Å². The number of hydrogen-bond donors (Lipinski definition) is 2. The van der Waals surface area contributed by atoms with E-state index >= 15 is 0 Å². The minimum Gasteiger partial charge on any atom is -0.508 e. The van der Waals surface area contributed by atoms with Crippen LogP contribution in [0.1, 0.15) is 11.6 Å². The van der Waals surface area contributed by atoms with Gasteiger partial charge in [0.25, 0.3) is 0 Å². The maximum Gasteiger partial charge on any atom is 0.415 e. The van der Waals surface area contributed by atoms with E-state index in [-0.39, 0.29) is 12.4 Å². The van der Waals surface area contributed by atoms with Crippen LogP contribution in [0.4, 0.5) is 14.9 Å². The van der Waals surface area contributed by atoms with Gasteiger partial charge in [0.1, 0.15) is 36.1 Å². The number of aliphatic hydroxyl groups is 1. The molecule has 0 radical (unpaired) electrons. The quantitative estimate of drug-likeness (QED) is 0.351. The highest BCUT2D eigenvalue weighted by atomic mass is 19.1. The molecule has 4 aromatic carbocycles. The van der Waals surface area contributed by atoms with Crippen LogP contribution in [-0.2, 0) is 4.74 Å².